The number of nitrogens with one attached hydrogen (secondary N) is 4. The molecule has 6 nitrogen and oxygen atoms in total. The van der Waals surface area contributed by atoms with E-state index in [1.54, 1.807) is 7.11 Å². The summed E-state index contributed by atoms with van der Waals surface area (Å²) in [5.41, 5.74) is 2.78. The molecule has 26 heavy (non-hydrogen) atoms. The first kappa shape index (κ1) is 18.2. The quantitative estimate of drug-likeness (QED) is 0.445. The van der Waals surface area contributed by atoms with Crippen molar-refractivity contribution in [1.29, 1.82) is 0 Å². The summed E-state index contributed by atoms with van der Waals surface area (Å²) < 4.78 is 50.4. The number of methoxy groups -OCH3 is 2. The summed E-state index contributed by atoms with van der Waals surface area (Å²) in [6.45, 7) is 0.953. The van der Waals surface area contributed by atoms with Gasteiger partial charge in [-0.3, -0.25) is 5.32 Å². The minimum absolute atomic E-state index is 0.0470. The first-order valence-electron chi connectivity index (χ1n) is 7.88. The Hall–Kier alpha value is -2.65. The third-order valence-corrected chi connectivity index (χ3v) is 4.02. The number of fused-ring (bicyclic) bond motifs is 1. The van der Waals surface area contributed by atoms with Crippen LogP contribution < -0.4 is 26.0 Å². The van der Waals surface area contributed by atoms with E-state index < -0.39 is 23.8 Å². The van der Waals surface area contributed by atoms with Crippen LogP contribution in [-0.2, 0) is 11.3 Å². The van der Waals surface area contributed by atoms with E-state index in [1.165, 1.54) is 7.11 Å². The lowest BCUT2D eigenvalue weighted by molar-refractivity contribution is 0.0949. The molecule has 0 aromatic heterocycles. The van der Waals surface area contributed by atoms with Gasteiger partial charge in [0.1, 0.15) is 5.75 Å². The zero-order valence-electron chi connectivity index (χ0n) is 14.3. The van der Waals surface area contributed by atoms with Crippen LogP contribution in [0.1, 0.15) is 5.56 Å². The second-order valence-electron chi connectivity index (χ2n) is 5.59. The number of hydrogen-bond acceptors (Lipinski definition) is 6. The van der Waals surface area contributed by atoms with Crippen molar-refractivity contribution in [3.05, 3.63) is 47.3 Å². The predicted octanol–water partition coefficient (Wildman–Crippen LogP) is 3.04. The summed E-state index contributed by atoms with van der Waals surface area (Å²) in [7, 11) is 3.00. The van der Waals surface area contributed by atoms with Crippen molar-refractivity contribution in [2.24, 2.45) is 0 Å². The maximum atomic E-state index is 13.3. The molecule has 1 atom stereocenters. The lowest BCUT2D eigenvalue weighted by atomic mass is 10.1. The smallest absolute Gasteiger partial charge is 0.194 e. The molecule has 0 aliphatic carbocycles. The molecule has 0 amide bonds. The molecule has 0 radical (unpaired) electrons. The van der Waals surface area contributed by atoms with Gasteiger partial charge in [-0.15, -0.1) is 0 Å². The Balaban J connectivity index is 1.73. The van der Waals surface area contributed by atoms with Gasteiger partial charge in [-0.25, -0.2) is 13.2 Å². The maximum absolute atomic E-state index is 13.3. The Morgan fingerprint density at radius 3 is 2.50 bits per heavy atom. The van der Waals surface area contributed by atoms with Crippen LogP contribution in [0.2, 0.25) is 0 Å². The molecule has 9 heteroatoms. The molecule has 1 aliphatic rings. The highest BCUT2D eigenvalue weighted by molar-refractivity contribution is 5.79. The number of benzene rings is 2. The number of rotatable bonds is 7. The van der Waals surface area contributed by atoms with Crippen LogP contribution in [0.3, 0.4) is 0 Å². The van der Waals surface area contributed by atoms with E-state index in [4.69, 9.17) is 9.47 Å². The molecule has 4 N–H and O–H groups in total. The fraction of sp³-hybridized carbons (Fsp3) is 0.294. The fourth-order valence-corrected chi connectivity index (χ4v) is 2.75. The van der Waals surface area contributed by atoms with Gasteiger partial charge in [-0.05, 0) is 12.1 Å². The molecule has 0 fully saturated rings. The lowest BCUT2D eigenvalue weighted by Crippen LogP contribution is -2.37. The highest BCUT2D eigenvalue weighted by atomic mass is 19.2. The van der Waals surface area contributed by atoms with E-state index in [1.807, 2.05) is 12.1 Å². The summed E-state index contributed by atoms with van der Waals surface area (Å²) in [5.74, 6) is -3.39. The van der Waals surface area contributed by atoms with Gasteiger partial charge in [0.05, 0.1) is 25.2 Å². The Bertz CT molecular complexity index is 781. The monoisotopic (exact) mass is 368 g/mol. The molecular weight excluding hydrogens is 349 g/mol. The van der Waals surface area contributed by atoms with Crippen molar-refractivity contribution in [3.8, 4) is 5.75 Å². The normalized spacial score (nSPS) is 13.6. The first-order valence-corrected chi connectivity index (χ1v) is 7.88. The van der Waals surface area contributed by atoms with Gasteiger partial charge in [0.15, 0.2) is 23.8 Å². The fourth-order valence-electron chi connectivity index (χ4n) is 2.75. The van der Waals surface area contributed by atoms with Crippen molar-refractivity contribution < 1.29 is 22.6 Å². The van der Waals surface area contributed by atoms with Crippen LogP contribution in [0.15, 0.2) is 24.3 Å². The van der Waals surface area contributed by atoms with E-state index in [-0.39, 0.29) is 5.69 Å². The standard InChI is InChI=1S/C17H19F3N4O2/c1-25-14-4-3-13-16(23-8-22-13)10(14)7-21-17(26-2)24-9-5-11(18)15(20)12(19)6-9/h3-6,17,21-24H,7-8H2,1-2H3. The summed E-state index contributed by atoms with van der Waals surface area (Å²) >= 11 is 0. The largest absolute Gasteiger partial charge is 0.496 e. The molecule has 2 aromatic carbocycles. The van der Waals surface area contributed by atoms with Crippen LogP contribution in [0.4, 0.5) is 30.2 Å². The molecule has 1 aliphatic heterocycles. The number of halogens is 3. The molecule has 140 valence electrons. The van der Waals surface area contributed by atoms with Gasteiger partial charge in [0.2, 0.25) is 0 Å². The summed E-state index contributed by atoms with van der Waals surface area (Å²) in [6.07, 6.45) is -0.769. The van der Waals surface area contributed by atoms with Crippen LogP contribution in [0.25, 0.3) is 0 Å². The third-order valence-electron chi connectivity index (χ3n) is 4.02. The van der Waals surface area contributed by atoms with Crippen LogP contribution >= 0.6 is 0 Å². The predicted molar refractivity (Wildman–Crippen MR) is 92.7 cm³/mol. The van der Waals surface area contributed by atoms with Gasteiger partial charge >= 0.3 is 0 Å². The molecular formula is C17H19F3N4O2. The minimum Gasteiger partial charge on any atom is -0.496 e. The number of ether oxygens (including phenoxy) is 2. The van der Waals surface area contributed by atoms with Crippen molar-refractivity contribution >= 4 is 17.1 Å². The Labute approximate surface area is 148 Å². The average molecular weight is 368 g/mol. The van der Waals surface area contributed by atoms with Gasteiger partial charge in [0, 0.05) is 37.0 Å². The van der Waals surface area contributed by atoms with Gasteiger partial charge in [-0.1, -0.05) is 0 Å². The highest BCUT2D eigenvalue weighted by Gasteiger charge is 2.19. The number of hydrogen-bond donors (Lipinski definition) is 4. The Morgan fingerprint density at radius 2 is 1.85 bits per heavy atom. The van der Waals surface area contributed by atoms with E-state index in [2.05, 4.69) is 21.3 Å². The summed E-state index contributed by atoms with van der Waals surface area (Å²) in [4.78, 5) is 0. The zero-order chi connectivity index (χ0) is 18.7. The Morgan fingerprint density at radius 1 is 1.12 bits per heavy atom. The van der Waals surface area contributed by atoms with Crippen molar-refractivity contribution in [3.63, 3.8) is 0 Å². The molecule has 2 aromatic rings. The third kappa shape index (κ3) is 3.63. The van der Waals surface area contributed by atoms with Crippen LogP contribution in [0.5, 0.6) is 5.75 Å². The van der Waals surface area contributed by atoms with Gasteiger partial charge in [0.25, 0.3) is 0 Å². The van der Waals surface area contributed by atoms with Crippen LogP contribution in [-0.4, -0.2) is 27.2 Å². The highest BCUT2D eigenvalue weighted by Crippen LogP contribution is 2.36. The van der Waals surface area contributed by atoms with Crippen LogP contribution in [0, 0.1) is 17.5 Å². The molecule has 1 heterocycles. The van der Waals surface area contributed by atoms with E-state index in [0.29, 0.717) is 19.0 Å². The molecule has 0 saturated carbocycles. The molecule has 0 bridgehead atoms. The van der Waals surface area contributed by atoms with Gasteiger partial charge in [-0.2, -0.15) is 0 Å². The average Bonchev–Trinajstić information content (AvgIpc) is 3.11. The topological polar surface area (TPSA) is 66.6 Å². The Kier molecular flexibility index (Phi) is 5.38. The summed E-state index contributed by atoms with van der Waals surface area (Å²) in [6, 6.07) is 5.47. The molecule has 0 saturated heterocycles. The van der Waals surface area contributed by atoms with Crippen molar-refractivity contribution in [2.45, 2.75) is 12.9 Å². The SMILES string of the molecule is COc1ccc2c(c1CNC(Nc1cc(F)c(F)c(F)c1)OC)NCN2. The van der Waals surface area contributed by atoms with Gasteiger partial charge < -0.3 is 25.4 Å². The lowest BCUT2D eigenvalue weighted by Gasteiger charge is -2.21. The van der Waals surface area contributed by atoms with Crippen molar-refractivity contribution in [2.75, 3.05) is 36.8 Å². The maximum Gasteiger partial charge on any atom is 0.194 e. The first-order chi connectivity index (χ1) is 12.5. The molecule has 1 unspecified atom stereocenters. The minimum atomic E-state index is -1.51. The number of anilines is 3. The second-order valence-corrected chi connectivity index (χ2v) is 5.59. The molecule has 3 rings (SSSR count). The molecule has 0 spiro atoms. The van der Waals surface area contributed by atoms with E-state index in [9.17, 15) is 13.2 Å². The summed E-state index contributed by atoms with van der Waals surface area (Å²) in [5, 5.41) is 12.2. The van der Waals surface area contributed by atoms with E-state index >= 15 is 0 Å². The van der Waals surface area contributed by atoms with Crippen molar-refractivity contribution in [1.82, 2.24) is 5.32 Å². The van der Waals surface area contributed by atoms with E-state index in [0.717, 1.165) is 29.1 Å². The second kappa shape index (κ2) is 7.71. The zero-order valence-corrected chi connectivity index (χ0v) is 14.3.